The third-order valence-corrected chi connectivity index (χ3v) is 9.51. The maximum absolute atomic E-state index is 14.1. The first-order valence-electron chi connectivity index (χ1n) is 17.1. The number of hydrogen-bond donors (Lipinski definition) is 0. The molecule has 5 heteroatoms. The van der Waals surface area contributed by atoms with E-state index in [2.05, 4.69) is 88.7 Å². The van der Waals surface area contributed by atoms with Gasteiger partial charge in [-0.05, 0) is 119 Å². The molecular formula is C47H30FN3O. The molecule has 0 aliphatic rings. The lowest BCUT2D eigenvalue weighted by Crippen LogP contribution is -2.10. The molecule has 0 radical (unpaired) electrons. The van der Waals surface area contributed by atoms with Crippen molar-refractivity contribution < 1.29 is 9.13 Å². The average Bonchev–Trinajstić information content (AvgIpc) is 3.20. The summed E-state index contributed by atoms with van der Waals surface area (Å²) in [5, 5.41) is 16.0. The maximum atomic E-state index is 14.1. The molecule has 0 spiro atoms. The van der Waals surface area contributed by atoms with E-state index in [9.17, 15) is 9.65 Å². The van der Waals surface area contributed by atoms with E-state index in [1.165, 1.54) is 12.1 Å². The smallest absolute Gasteiger partial charge is 0.135 e. The fourth-order valence-corrected chi connectivity index (χ4v) is 7.16. The minimum Gasteiger partial charge on any atom is -0.457 e. The van der Waals surface area contributed by atoms with Crippen LogP contribution in [-0.4, -0.2) is 0 Å². The Hall–Kier alpha value is -7.16. The second-order valence-electron chi connectivity index (χ2n) is 12.6. The van der Waals surface area contributed by atoms with Crippen LogP contribution in [0.1, 0.15) is 5.56 Å². The van der Waals surface area contributed by atoms with Crippen molar-refractivity contribution in [1.29, 1.82) is 5.26 Å². The quantitative estimate of drug-likeness (QED) is 0.151. The topological polar surface area (TPSA) is 39.5 Å². The van der Waals surface area contributed by atoms with Crippen LogP contribution in [0.5, 0.6) is 11.5 Å². The van der Waals surface area contributed by atoms with E-state index in [0.29, 0.717) is 11.3 Å². The van der Waals surface area contributed by atoms with E-state index < -0.39 is 0 Å². The molecular weight excluding hydrogens is 642 g/mol. The Labute approximate surface area is 300 Å². The molecule has 0 aliphatic carbocycles. The van der Waals surface area contributed by atoms with E-state index in [-0.39, 0.29) is 5.82 Å². The van der Waals surface area contributed by atoms with E-state index >= 15 is 0 Å². The number of halogens is 1. The molecule has 0 unspecified atom stereocenters. The number of anilines is 6. The van der Waals surface area contributed by atoms with Crippen LogP contribution in [0.25, 0.3) is 32.3 Å². The summed E-state index contributed by atoms with van der Waals surface area (Å²) >= 11 is 0. The molecule has 9 aromatic rings. The molecule has 0 heterocycles. The lowest BCUT2D eigenvalue weighted by molar-refractivity contribution is 0.488. The minimum absolute atomic E-state index is 0.271. The van der Waals surface area contributed by atoms with Crippen LogP contribution in [0, 0.1) is 17.1 Å². The van der Waals surface area contributed by atoms with Gasteiger partial charge in [-0.3, -0.25) is 0 Å². The van der Waals surface area contributed by atoms with Gasteiger partial charge in [-0.15, -0.1) is 0 Å². The molecule has 52 heavy (non-hydrogen) atoms. The van der Waals surface area contributed by atoms with Crippen molar-refractivity contribution in [3.8, 4) is 17.6 Å². The van der Waals surface area contributed by atoms with Crippen LogP contribution >= 0.6 is 0 Å². The van der Waals surface area contributed by atoms with E-state index in [1.807, 2.05) is 97.1 Å². The Balaban J connectivity index is 1.16. The van der Waals surface area contributed by atoms with Crippen molar-refractivity contribution >= 4 is 66.4 Å². The molecule has 4 nitrogen and oxygen atoms in total. The lowest BCUT2D eigenvalue weighted by atomic mass is 9.92. The fourth-order valence-electron chi connectivity index (χ4n) is 7.16. The highest BCUT2D eigenvalue weighted by Crippen LogP contribution is 2.46. The normalized spacial score (nSPS) is 11.2. The number of rotatable bonds is 8. The van der Waals surface area contributed by atoms with Crippen molar-refractivity contribution in [2.45, 2.75) is 0 Å². The number of nitriles is 1. The van der Waals surface area contributed by atoms with Crippen molar-refractivity contribution in [3.05, 3.63) is 193 Å². The molecule has 0 fully saturated rings. The third-order valence-electron chi connectivity index (χ3n) is 9.51. The Morgan fingerprint density at radius 1 is 0.462 bits per heavy atom. The van der Waals surface area contributed by atoms with Crippen LogP contribution in [-0.2, 0) is 0 Å². The molecule has 246 valence electrons. The summed E-state index contributed by atoms with van der Waals surface area (Å²) in [4.78, 5) is 4.33. The summed E-state index contributed by atoms with van der Waals surface area (Å²) in [6.07, 6.45) is 0. The van der Waals surface area contributed by atoms with E-state index in [0.717, 1.165) is 72.2 Å². The van der Waals surface area contributed by atoms with Gasteiger partial charge in [-0.1, -0.05) is 72.8 Å². The molecule has 0 amide bonds. The summed E-state index contributed by atoms with van der Waals surface area (Å²) in [5.41, 5.74) is 6.33. The van der Waals surface area contributed by atoms with Gasteiger partial charge in [0.2, 0.25) is 0 Å². The van der Waals surface area contributed by atoms with Gasteiger partial charge in [0.05, 0.1) is 17.3 Å². The Kier molecular flexibility index (Phi) is 7.68. The molecule has 0 aliphatic heterocycles. The summed E-state index contributed by atoms with van der Waals surface area (Å²) in [6.45, 7) is 0. The highest BCUT2D eigenvalue weighted by Gasteiger charge is 2.20. The predicted octanol–water partition coefficient (Wildman–Crippen LogP) is 13.3. The van der Waals surface area contributed by atoms with Gasteiger partial charge in [0, 0.05) is 50.7 Å². The zero-order valence-electron chi connectivity index (χ0n) is 27.9. The number of ether oxygens (including phenoxy) is 1. The zero-order valence-corrected chi connectivity index (χ0v) is 27.9. The summed E-state index contributed by atoms with van der Waals surface area (Å²) in [5.74, 6) is 1.19. The molecule has 0 bridgehead atoms. The van der Waals surface area contributed by atoms with Crippen LogP contribution in [0.15, 0.2) is 182 Å². The van der Waals surface area contributed by atoms with Crippen LogP contribution < -0.4 is 14.5 Å². The van der Waals surface area contributed by atoms with Crippen molar-refractivity contribution in [2.24, 2.45) is 0 Å². The molecule has 0 saturated heterocycles. The Morgan fingerprint density at radius 2 is 1.00 bits per heavy atom. The standard InChI is InChI=1S/C47H30FN3O/c48-35-20-24-39(25-21-35)51(37-10-5-2-6-11-37)44-28-18-33-17-27-43-45(29-19-34-16-26-42(44)46(33)47(34)43)52-41-13-7-12-40(30-41)50(36-8-3-1-4-9-36)38-22-14-32(31-49)15-23-38/h1-30H. The van der Waals surface area contributed by atoms with Crippen molar-refractivity contribution in [1.82, 2.24) is 0 Å². The number of nitrogens with zero attached hydrogens (tertiary/aromatic N) is 3. The third kappa shape index (κ3) is 5.49. The first kappa shape index (κ1) is 30.9. The van der Waals surface area contributed by atoms with Crippen LogP contribution in [0.2, 0.25) is 0 Å². The van der Waals surface area contributed by atoms with Gasteiger partial charge in [0.15, 0.2) is 0 Å². The number of hydrogen-bond acceptors (Lipinski definition) is 4. The van der Waals surface area contributed by atoms with Gasteiger partial charge >= 0.3 is 0 Å². The van der Waals surface area contributed by atoms with Gasteiger partial charge in [0.1, 0.15) is 17.3 Å². The fraction of sp³-hybridized carbons (Fsp3) is 0. The summed E-state index contributed by atoms with van der Waals surface area (Å²) in [7, 11) is 0. The van der Waals surface area contributed by atoms with Crippen LogP contribution in [0.4, 0.5) is 38.5 Å². The van der Waals surface area contributed by atoms with Gasteiger partial charge in [-0.2, -0.15) is 5.26 Å². The predicted molar refractivity (Wildman–Crippen MR) is 211 cm³/mol. The van der Waals surface area contributed by atoms with Gasteiger partial charge in [0.25, 0.3) is 0 Å². The number of benzene rings is 9. The van der Waals surface area contributed by atoms with Crippen molar-refractivity contribution in [3.63, 3.8) is 0 Å². The highest BCUT2D eigenvalue weighted by molar-refractivity contribution is 6.26. The minimum atomic E-state index is -0.271. The van der Waals surface area contributed by atoms with Gasteiger partial charge in [-0.25, -0.2) is 4.39 Å². The van der Waals surface area contributed by atoms with Gasteiger partial charge < -0.3 is 14.5 Å². The van der Waals surface area contributed by atoms with E-state index in [4.69, 9.17) is 4.74 Å². The first-order chi connectivity index (χ1) is 25.6. The maximum Gasteiger partial charge on any atom is 0.135 e. The molecule has 0 atom stereocenters. The average molecular weight is 672 g/mol. The lowest BCUT2D eigenvalue weighted by Gasteiger charge is -2.27. The SMILES string of the molecule is N#Cc1ccc(N(c2ccccc2)c2cccc(Oc3ccc4ccc5c(N(c6ccccc6)c6ccc(F)cc6)ccc6ccc3c4c65)c2)cc1. The monoisotopic (exact) mass is 671 g/mol. The van der Waals surface area contributed by atoms with Crippen molar-refractivity contribution in [2.75, 3.05) is 9.80 Å². The molecule has 9 rings (SSSR count). The largest absolute Gasteiger partial charge is 0.457 e. The zero-order chi connectivity index (χ0) is 35.0. The summed E-state index contributed by atoms with van der Waals surface area (Å²) in [6, 6.07) is 62.0. The second kappa shape index (κ2) is 12.9. The van der Waals surface area contributed by atoms with Crippen LogP contribution in [0.3, 0.4) is 0 Å². The van der Waals surface area contributed by atoms with E-state index in [1.54, 1.807) is 0 Å². The molecule has 0 aromatic heterocycles. The summed E-state index contributed by atoms with van der Waals surface area (Å²) < 4.78 is 20.8. The molecule has 0 saturated carbocycles. The highest BCUT2D eigenvalue weighted by atomic mass is 19.1. The molecule has 0 N–H and O–H groups in total. The molecule has 9 aromatic carbocycles. The Morgan fingerprint density at radius 3 is 1.69 bits per heavy atom. The second-order valence-corrected chi connectivity index (χ2v) is 12.6. The first-order valence-corrected chi connectivity index (χ1v) is 17.1. The Bertz CT molecular complexity index is 2720. The number of para-hydroxylation sites is 2.